The molecule has 96 valence electrons. The van der Waals surface area contributed by atoms with Crippen molar-refractivity contribution in [1.82, 2.24) is 15.1 Å². The number of alkyl halides is 3. The van der Waals surface area contributed by atoms with Crippen LogP contribution in [0.3, 0.4) is 0 Å². The van der Waals surface area contributed by atoms with Gasteiger partial charge in [0, 0.05) is 6.04 Å². The number of hydrogen-bond donors (Lipinski definition) is 2. The minimum atomic E-state index is -4.45. The first kappa shape index (κ1) is 13.3. The first-order valence-electron chi connectivity index (χ1n) is 4.89. The van der Waals surface area contributed by atoms with E-state index in [0.29, 0.717) is 4.90 Å². The van der Waals surface area contributed by atoms with E-state index in [1.807, 2.05) is 0 Å². The summed E-state index contributed by atoms with van der Waals surface area (Å²) in [5.41, 5.74) is 5.34. The summed E-state index contributed by atoms with van der Waals surface area (Å²) >= 11 is 0. The van der Waals surface area contributed by atoms with E-state index in [0.717, 1.165) is 6.20 Å². The van der Waals surface area contributed by atoms with E-state index in [2.05, 4.69) is 10.2 Å². The largest absolute Gasteiger partial charge is 0.406 e. The van der Waals surface area contributed by atoms with Gasteiger partial charge < -0.3 is 10.6 Å². The lowest BCUT2D eigenvalue weighted by atomic mass is 10.2. The summed E-state index contributed by atoms with van der Waals surface area (Å²) in [7, 11) is 0. The second-order valence-electron chi connectivity index (χ2n) is 3.84. The molecule has 0 atom stereocenters. The number of rotatable bonds is 3. The monoisotopic (exact) mass is 250 g/mol. The van der Waals surface area contributed by atoms with Crippen molar-refractivity contribution < 1.29 is 18.0 Å². The van der Waals surface area contributed by atoms with Crippen molar-refractivity contribution >= 4 is 11.7 Å². The van der Waals surface area contributed by atoms with Gasteiger partial charge in [0.2, 0.25) is 0 Å². The number of nitrogens with one attached hydrogen (secondary N) is 1. The van der Waals surface area contributed by atoms with Crippen LogP contribution in [0.25, 0.3) is 0 Å². The second kappa shape index (κ2) is 4.64. The highest BCUT2D eigenvalue weighted by Crippen LogP contribution is 2.21. The van der Waals surface area contributed by atoms with E-state index in [1.165, 1.54) is 13.8 Å². The Morgan fingerprint density at radius 2 is 2.18 bits per heavy atom. The molecule has 0 aromatic carbocycles. The van der Waals surface area contributed by atoms with Gasteiger partial charge >= 0.3 is 6.18 Å². The van der Waals surface area contributed by atoms with Gasteiger partial charge in [-0.05, 0) is 13.8 Å². The zero-order chi connectivity index (χ0) is 13.2. The predicted octanol–water partition coefficient (Wildman–Crippen LogP) is 1.40. The molecule has 1 heterocycles. The minimum Gasteiger partial charge on any atom is -0.383 e. The third-order valence-corrected chi connectivity index (χ3v) is 2.13. The Morgan fingerprint density at radius 1 is 1.59 bits per heavy atom. The van der Waals surface area contributed by atoms with Gasteiger partial charge in [-0.25, -0.2) is 0 Å². The summed E-state index contributed by atoms with van der Waals surface area (Å²) in [6, 6.07) is -0.585. The van der Waals surface area contributed by atoms with Crippen molar-refractivity contribution in [3.05, 3.63) is 11.8 Å². The van der Waals surface area contributed by atoms with Gasteiger partial charge in [0.05, 0.1) is 6.20 Å². The van der Waals surface area contributed by atoms with Crippen LogP contribution in [0.15, 0.2) is 6.20 Å². The fraction of sp³-hybridized carbons (Fsp3) is 0.556. The van der Waals surface area contributed by atoms with E-state index in [9.17, 15) is 18.0 Å². The third-order valence-electron chi connectivity index (χ3n) is 2.13. The molecule has 0 saturated heterocycles. The number of amides is 1. The Bertz CT molecular complexity index is 399. The number of anilines is 1. The molecule has 0 bridgehead atoms. The van der Waals surface area contributed by atoms with Crippen LogP contribution in [0, 0.1) is 0 Å². The quantitative estimate of drug-likeness (QED) is 0.851. The number of aromatic amines is 1. The maximum absolute atomic E-state index is 12.3. The Morgan fingerprint density at radius 3 is 2.53 bits per heavy atom. The van der Waals surface area contributed by atoms with Crippen LogP contribution in [0.5, 0.6) is 0 Å². The van der Waals surface area contributed by atoms with Gasteiger partial charge in [0.15, 0.2) is 0 Å². The highest BCUT2D eigenvalue weighted by Gasteiger charge is 2.35. The van der Waals surface area contributed by atoms with Crippen LogP contribution in [0.4, 0.5) is 19.0 Å². The molecule has 1 aromatic rings. The summed E-state index contributed by atoms with van der Waals surface area (Å²) in [4.78, 5) is 12.5. The summed E-state index contributed by atoms with van der Waals surface area (Å²) in [5.74, 6) is -0.827. The molecule has 0 aliphatic carbocycles. The maximum Gasteiger partial charge on any atom is 0.406 e. The summed E-state index contributed by atoms with van der Waals surface area (Å²) in [6.07, 6.45) is -3.33. The van der Waals surface area contributed by atoms with Gasteiger partial charge in [0.1, 0.15) is 17.9 Å². The molecule has 1 amide bonds. The van der Waals surface area contributed by atoms with E-state index < -0.39 is 24.7 Å². The number of halogens is 3. The van der Waals surface area contributed by atoms with Gasteiger partial charge in [-0.15, -0.1) is 0 Å². The number of nitrogen functional groups attached to an aromatic ring is 1. The normalized spacial score (nSPS) is 11.9. The van der Waals surface area contributed by atoms with Crippen molar-refractivity contribution in [2.24, 2.45) is 0 Å². The summed E-state index contributed by atoms with van der Waals surface area (Å²) in [5, 5.41) is 5.81. The van der Waals surface area contributed by atoms with Crippen LogP contribution in [-0.4, -0.2) is 39.8 Å². The van der Waals surface area contributed by atoms with Crippen LogP contribution in [0.1, 0.15) is 24.2 Å². The SMILES string of the molecule is CC(C)N(CC(F)(F)F)C(=O)c1cn[nH]c1N. The van der Waals surface area contributed by atoms with E-state index >= 15 is 0 Å². The molecule has 1 aromatic heterocycles. The number of hydrogen-bond acceptors (Lipinski definition) is 3. The van der Waals surface area contributed by atoms with Gasteiger partial charge in [-0.1, -0.05) is 0 Å². The summed E-state index contributed by atoms with van der Waals surface area (Å²) in [6.45, 7) is 1.69. The number of nitrogens with two attached hydrogens (primary N) is 1. The molecule has 1 rings (SSSR count). The molecule has 17 heavy (non-hydrogen) atoms. The molecule has 0 spiro atoms. The fourth-order valence-corrected chi connectivity index (χ4v) is 1.30. The molecule has 8 heteroatoms. The molecule has 3 N–H and O–H groups in total. The third kappa shape index (κ3) is 3.36. The number of carbonyl (C=O) groups is 1. The topological polar surface area (TPSA) is 75.0 Å². The van der Waals surface area contributed by atoms with Gasteiger partial charge in [-0.3, -0.25) is 9.89 Å². The molecule has 0 fully saturated rings. The molecule has 0 aliphatic rings. The smallest absolute Gasteiger partial charge is 0.383 e. The average Bonchev–Trinajstić information content (AvgIpc) is 2.58. The highest BCUT2D eigenvalue weighted by molar-refractivity contribution is 5.98. The van der Waals surface area contributed by atoms with Crippen molar-refractivity contribution in [2.45, 2.75) is 26.1 Å². The van der Waals surface area contributed by atoms with Crippen LogP contribution in [0.2, 0.25) is 0 Å². The first-order chi connectivity index (χ1) is 7.72. The van der Waals surface area contributed by atoms with Crippen LogP contribution >= 0.6 is 0 Å². The lowest BCUT2D eigenvalue weighted by Gasteiger charge is -2.27. The molecule has 0 saturated carbocycles. The van der Waals surface area contributed by atoms with Crippen molar-refractivity contribution in [2.75, 3.05) is 12.3 Å². The zero-order valence-corrected chi connectivity index (χ0v) is 9.38. The van der Waals surface area contributed by atoms with Crippen molar-refractivity contribution in [3.63, 3.8) is 0 Å². The standard InChI is InChI=1S/C9H13F3N4O/c1-5(2)16(4-9(10,11)12)8(17)6-3-14-15-7(6)13/h3,5H,4H2,1-2H3,(H3,13,14,15). The van der Waals surface area contributed by atoms with Crippen molar-refractivity contribution in [3.8, 4) is 0 Å². The second-order valence-corrected chi connectivity index (χ2v) is 3.84. The summed E-state index contributed by atoms with van der Waals surface area (Å²) < 4.78 is 37.0. The maximum atomic E-state index is 12.3. The van der Waals surface area contributed by atoms with E-state index in [4.69, 9.17) is 5.73 Å². The van der Waals surface area contributed by atoms with E-state index in [1.54, 1.807) is 0 Å². The van der Waals surface area contributed by atoms with Gasteiger partial charge in [-0.2, -0.15) is 18.3 Å². The Kier molecular flexibility index (Phi) is 3.64. The minimum absolute atomic E-state index is 0.0391. The zero-order valence-electron chi connectivity index (χ0n) is 9.38. The molecule has 5 nitrogen and oxygen atoms in total. The Balaban J connectivity index is 2.93. The molecule has 0 aliphatic heterocycles. The number of carbonyl (C=O) groups excluding carboxylic acids is 1. The van der Waals surface area contributed by atoms with Crippen LogP contribution in [-0.2, 0) is 0 Å². The Labute approximate surface area is 95.8 Å². The molecule has 0 unspecified atom stereocenters. The lowest BCUT2D eigenvalue weighted by molar-refractivity contribution is -0.143. The number of nitrogens with zero attached hydrogens (tertiary/aromatic N) is 2. The predicted molar refractivity (Wildman–Crippen MR) is 55.2 cm³/mol. The molecular weight excluding hydrogens is 237 g/mol. The lowest BCUT2D eigenvalue weighted by Crippen LogP contribution is -2.43. The van der Waals surface area contributed by atoms with Gasteiger partial charge in [0.25, 0.3) is 5.91 Å². The fourth-order valence-electron chi connectivity index (χ4n) is 1.30. The first-order valence-corrected chi connectivity index (χ1v) is 4.89. The highest BCUT2D eigenvalue weighted by atomic mass is 19.4. The number of aromatic nitrogens is 2. The molecular formula is C9H13F3N4O. The van der Waals surface area contributed by atoms with Crippen LogP contribution < -0.4 is 5.73 Å². The van der Waals surface area contributed by atoms with E-state index in [-0.39, 0.29) is 11.4 Å². The molecule has 0 radical (unpaired) electrons. The number of H-pyrrole nitrogens is 1. The Hall–Kier alpha value is -1.73. The average molecular weight is 250 g/mol. The van der Waals surface area contributed by atoms with Crippen molar-refractivity contribution in [1.29, 1.82) is 0 Å².